The van der Waals surface area contributed by atoms with Crippen LogP contribution in [0.1, 0.15) is 22.3 Å². The van der Waals surface area contributed by atoms with Crippen molar-refractivity contribution in [2.24, 2.45) is 0 Å². The molecule has 0 aliphatic rings. The number of rotatable bonds is 11. The monoisotopic (exact) mass is 834 g/mol. The van der Waals surface area contributed by atoms with Crippen LogP contribution < -0.4 is 27.6 Å². The van der Waals surface area contributed by atoms with Crippen molar-refractivity contribution in [3.63, 3.8) is 0 Å². The Hall–Kier alpha value is -2.08. The lowest BCUT2D eigenvalue weighted by Crippen LogP contribution is -2.02. The fourth-order valence-corrected chi connectivity index (χ4v) is 7.41. The molecule has 0 bridgehead atoms. The van der Waals surface area contributed by atoms with Crippen LogP contribution >= 0.6 is 62.4 Å². The zero-order chi connectivity index (χ0) is 30.6. The predicted molar refractivity (Wildman–Crippen MR) is 183 cm³/mol. The maximum absolute atomic E-state index is 10.9. The van der Waals surface area contributed by atoms with Gasteiger partial charge < -0.3 is 37.4 Å². The molecule has 0 saturated carbocycles. The second-order valence-electron chi connectivity index (χ2n) is 9.35. The van der Waals surface area contributed by atoms with Crippen LogP contribution in [0.25, 0.3) is 11.1 Å². The van der Waals surface area contributed by atoms with Gasteiger partial charge in [0.05, 0.1) is 21.4 Å². The van der Waals surface area contributed by atoms with E-state index in [1.807, 2.05) is 52.0 Å². The van der Waals surface area contributed by atoms with E-state index in [0.29, 0.717) is 52.8 Å². The Labute approximate surface area is 275 Å². The minimum atomic E-state index is -2.37. The summed E-state index contributed by atoms with van der Waals surface area (Å²) in [5, 5.41) is 0. The summed E-state index contributed by atoms with van der Waals surface area (Å²) in [4.78, 5) is 21.8. The lowest BCUT2D eigenvalue weighted by atomic mass is 10.0. The van der Waals surface area contributed by atoms with Gasteiger partial charge in [-0.1, -0.05) is 35.4 Å². The molecule has 0 amide bonds. The fraction of sp³-hybridized carbons (Fsp3) is 0.200. The minimum Gasteiger partial charge on any atom is -0.497 e. The van der Waals surface area contributed by atoms with Crippen molar-refractivity contribution in [2.45, 2.75) is 27.7 Å². The van der Waals surface area contributed by atoms with Crippen molar-refractivity contribution in [1.82, 2.24) is 0 Å². The summed E-state index contributed by atoms with van der Waals surface area (Å²) in [5.41, 5.74) is 4.99. The Morgan fingerprint density at radius 3 is 1.26 bits per heavy atom. The van der Waals surface area contributed by atoms with Gasteiger partial charge in [0.1, 0.15) is 23.0 Å². The first-order valence-electron chi connectivity index (χ1n) is 12.6. The van der Waals surface area contributed by atoms with Crippen LogP contribution in [0.2, 0.25) is 0 Å². The molecule has 4 aromatic rings. The third-order valence-electron chi connectivity index (χ3n) is 6.15. The zero-order valence-electron chi connectivity index (χ0n) is 23.8. The second-order valence-corrected chi connectivity index (χ2v) is 13.4. The Bertz CT molecular complexity index is 1470. The van der Waals surface area contributed by atoms with E-state index in [1.165, 1.54) is 0 Å². The molecule has 0 aliphatic carbocycles. The summed E-state index contributed by atoms with van der Waals surface area (Å²) in [5.74, 6) is 2.85. The maximum Gasteiger partial charge on any atom is 0.460 e. The van der Waals surface area contributed by atoms with E-state index < -0.39 is 17.2 Å². The smallest absolute Gasteiger partial charge is 0.460 e. The van der Waals surface area contributed by atoms with Crippen LogP contribution in [0.4, 0.5) is 0 Å². The normalized spacial score (nSPS) is 12.3. The number of hydrogen-bond donors (Lipinski definition) is 2. The molecular weight excluding hydrogens is 804 g/mol. The van der Waals surface area contributed by atoms with Gasteiger partial charge in [-0.25, -0.2) is 0 Å². The van der Waals surface area contributed by atoms with E-state index in [-0.39, 0.29) is 0 Å². The highest BCUT2D eigenvalue weighted by atomic mass is 127. The SMILES string of the molecule is COc1cc(I)c(OP(O)Oc2ccc(C)cc2C)c(-c2cc(OC)cc(I)c2OP(O)Oc2ccc(C)cc2C)c1. The average Bonchev–Trinajstić information content (AvgIpc) is 2.93. The Balaban J connectivity index is 1.74. The van der Waals surface area contributed by atoms with Gasteiger partial charge in [0, 0.05) is 11.1 Å². The predicted octanol–water partition coefficient (Wildman–Crippen LogP) is 9.17. The van der Waals surface area contributed by atoms with Crippen LogP contribution in [0, 0.1) is 34.8 Å². The molecule has 4 aromatic carbocycles. The molecule has 2 unspecified atom stereocenters. The molecule has 0 heterocycles. The number of benzene rings is 4. The Morgan fingerprint density at radius 1 is 0.548 bits per heavy atom. The van der Waals surface area contributed by atoms with E-state index in [2.05, 4.69) is 45.2 Å². The first-order valence-corrected chi connectivity index (χ1v) is 17.0. The number of hydrogen-bond acceptors (Lipinski definition) is 8. The van der Waals surface area contributed by atoms with Gasteiger partial charge in [0.2, 0.25) is 0 Å². The molecule has 222 valence electrons. The summed E-state index contributed by atoms with van der Waals surface area (Å²) in [6.07, 6.45) is 0. The zero-order valence-corrected chi connectivity index (χ0v) is 29.9. The van der Waals surface area contributed by atoms with Crippen LogP contribution in [0.5, 0.6) is 34.5 Å². The minimum absolute atomic E-state index is 0.348. The van der Waals surface area contributed by atoms with E-state index in [1.54, 1.807) is 50.6 Å². The Morgan fingerprint density at radius 2 is 0.929 bits per heavy atom. The number of aryl methyl sites for hydroxylation is 4. The van der Waals surface area contributed by atoms with E-state index in [0.717, 1.165) is 22.3 Å². The van der Waals surface area contributed by atoms with Gasteiger partial charge in [0.15, 0.2) is 11.5 Å². The Kier molecular flexibility index (Phi) is 11.4. The second kappa shape index (κ2) is 14.6. The van der Waals surface area contributed by atoms with Crippen molar-refractivity contribution in [1.29, 1.82) is 0 Å². The highest BCUT2D eigenvalue weighted by molar-refractivity contribution is 14.1. The topological polar surface area (TPSA) is 95.8 Å². The van der Waals surface area contributed by atoms with Crippen molar-refractivity contribution < 1.29 is 37.4 Å². The van der Waals surface area contributed by atoms with Crippen LogP contribution in [-0.4, -0.2) is 24.0 Å². The van der Waals surface area contributed by atoms with Gasteiger partial charge in [-0.3, -0.25) is 0 Å². The van der Waals surface area contributed by atoms with Crippen molar-refractivity contribution in [2.75, 3.05) is 14.2 Å². The lowest BCUT2D eigenvalue weighted by molar-refractivity contribution is 0.375. The van der Waals surface area contributed by atoms with Crippen LogP contribution in [0.15, 0.2) is 60.7 Å². The van der Waals surface area contributed by atoms with Crippen LogP contribution in [-0.2, 0) is 0 Å². The van der Waals surface area contributed by atoms with Gasteiger partial charge >= 0.3 is 17.2 Å². The van der Waals surface area contributed by atoms with E-state index in [9.17, 15) is 9.79 Å². The molecule has 2 atom stereocenters. The maximum atomic E-state index is 10.9. The van der Waals surface area contributed by atoms with Crippen molar-refractivity contribution >= 4 is 62.4 Å². The lowest BCUT2D eigenvalue weighted by Gasteiger charge is -2.22. The number of methoxy groups -OCH3 is 2. The molecule has 0 aromatic heterocycles. The molecule has 2 N–H and O–H groups in total. The third-order valence-corrected chi connectivity index (χ3v) is 9.13. The van der Waals surface area contributed by atoms with E-state index >= 15 is 0 Å². The molecule has 4 rings (SSSR count). The molecule has 8 nitrogen and oxygen atoms in total. The largest absolute Gasteiger partial charge is 0.497 e. The number of halogens is 2. The van der Waals surface area contributed by atoms with Crippen molar-refractivity contribution in [3.8, 4) is 45.6 Å². The fourth-order valence-electron chi connectivity index (χ4n) is 4.12. The average molecular weight is 834 g/mol. The standard InChI is InChI=1S/C30H30I2O8P2/c1-17-7-9-27(19(3)11-17)37-41(33)39-29-23(13-21(35-5)15-25(29)31)24-14-22(36-6)16-26(32)30(24)40-42(34)38-28-10-8-18(2)12-20(28)4/h7-16,33-34H,1-6H3. The third kappa shape index (κ3) is 8.09. The summed E-state index contributed by atoms with van der Waals surface area (Å²) in [6, 6.07) is 18.4. The summed E-state index contributed by atoms with van der Waals surface area (Å²) < 4.78 is 36.2. The van der Waals surface area contributed by atoms with Gasteiger partial charge in [-0.05, 0) is 120 Å². The van der Waals surface area contributed by atoms with E-state index in [4.69, 9.17) is 27.6 Å². The first-order chi connectivity index (χ1) is 20.0. The first kappa shape index (κ1) is 32.8. The van der Waals surface area contributed by atoms with Gasteiger partial charge in [0.25, 0.3) is 0 Å². The summed E-state index contributed by atoms with van der Waals surface area (Å²) >= 11 is 4.23. The summed E-state index contributed by atoms with van der Waals surface area (Å²) in [6.45, 7) is 7.79. The molecule has 42 heavy (non-hydrogen) atoms. The quantitative estimate of drug-likeness (QED) is 0.114. The molecule has 0 fully saturated rings. The molecule has 0 saturated heterocycles. The van der Waals surface area contributed by atoms with Crippen LogP contribution in [0.3, 0.4) is 0 Å². The molecular formula is C30H30I2O8P2. The molecule has 0 aliphatic heterocycles. The molecule has 0 radical (unpaired) electrons. The molecule has 0 spiro atoms. The van der Waals surface area contributed by atoms with Gasteiger partial charge in [-0.2, -0.15) is 0 Å². The highest BCUT2D eigenvalue weighted by Crippen LogP contribution is 2.51. The highest BCUT2D eigenvalue weighted by Gasteiger charge is 2.26. The summed E-state index contributed by atoms with van der Waals surface area (Å²) in [7, 11) is -1.61. The van der Waals surface area contributed by atoms with Gasteiger partial charge in [-0.15, -0.1) is 0 Å². The number of ether oxygens (including phenoxy) is 2. The molecule has 12 heteroatoms. The van der Waals surface area contributed by atoms with Crippen molar-refractivity contribution in [3.05, 3.63) is 90.1 Å².